The number of hydrogen-bond donors (Lipinski definition) is 1. The fraction of sp³-hybridized carbons (Fsp3) is 0.133. The number of aromatic nitrogens is 1. The molecule has 0 aliphatic rings. The highest BCUT2D eigenvalue weighted by atomic mass is 16.5. The standard InChI is InChI=1S/C15H14N2O4/c1-20-13-9-16-7-6-12(13)14(18)17-11-5-3-4-10(8-11)15(19)21-2/h3-9H,1-2H3,(H,17,18). The van der Waals surface area contributed by atoms with E-state index in [1.165, 1.54) is 32.7 Å². The lowest BCUT2D eigenvalue weighted by Crippen LogP contribution is -2.14. The van der Waals surface area contributed by atoms with Crippen molar-refractivity contribution in [2.45, 2.75) is 0 Å². The topological polar surface area (TPSA) is 77.5 Å². The molecule has 1 aromatic carbocycles. The highest BCUT2D eigenvalue weighted by Crippen LogP contribution is 2.18. The zero-order valence-corrected chi connectivity index (χ0v) is 11.6. The monoisotopic (exact) mass is 286 g/mol. The summed E-state index contributed by atoms with van der Waals surface area (Å²) in [7, 11) is 2.76. The molecule has 1 amide bonds. The van der Waals surface area contributed by atoms with Crippen LogP contribution in [0.3, 0.4) is 0 Å². The van der Waals surface area contributed by atoms with E-state index in [4.69, 9.17) is 4.74 Å². The number of anilines is 1. The molecule has 0 saturated carbocycles. The minimum Gasteiger partial charge on any atom is -0.494 e. The van der Waals surface area contributed by atoms with Gasteiger partial charge >= 0.3 is 5.97 Å². The Morgan fingerprint density at radius 1 is 1.19 bits per heavy atom. The summed E-state index contributed by atoms with van der Waals surface area (Å²) in [5.41, 5.74) is 1.20. The Bertz CT molecular complexity index is 670. The number of hydrogen-bond acceptors (Lipinski definition) is 5. The number of benzene rings is 1. The van der Waals surface area contributed by atoms with Crippen LogP contribution in [0.2, 0.25) is 0 Å². The molecule has 6 nitrogen and oxygen atoms in total. The minimum absolute atomic E-state index is 0.351. The van der Waals surface area contributed by atoms with Gasteiger partial charge in [-0.25, -0.2) is 4.79 Å². The molecule has 2 aromatic rings. The molecule has 0 fully saturated rings. The zero-order chi connectivity index (χ0) is 15.2. The molecule has 108 valence electrons. The maximum Gasteiger partial charge on any atom is 0.337 e. The summed E-state index contributed by atoms with van der Waals surface area (Å²) in [5.74, 6) is -0.442. The predicted molar refractivity (Wildman–Crippen MR) is 76.5 cm³/mol. The number of ether oxygens (including phenoxy) is 2. The van der Waals surface area contributed by atoms with Crippen molar-refractivity contribution in [1.29, 1.82) is 0 Å². The molecule has 0 aliphatic carbocycles. The maximum absolute atomic E-state index is 12.2. The number of nitrogens with zero attached hydrogens (tertiary/aromatic N) is 1. The van der Waals surface area contributed by atoms with Gasteiger partial charge in [-0.15, -0.1) is 0 Å². The summed E-state index contributed by atoms with van der Waals surface area (Å²) in [4.78, 5) is 27.6. The lowest BCUT2D eigenvalue weighted by molar-refractivity contribution is 0.0600. The van der Waals surface area contributed by atoms with Crippen LogP contribution in [-0.2, 0) is 4.74 Å². The Hall–Kier alpha value is -2.89. The first-order chi connectivity index (χ1) is 10.2. The van der Waals surface area contributed by atoms with Gasteiger partial charge in [-0.3, -0.25) is 9.78 Å². The average molecular weight is 286 g/mol. The van der Waals surface area contributed by atoms with Gasteiger partial charge in [0, 0.05) is 11.9 Å². The van der Waals surface area contributed by atoms with Gasteiger partial charge in [0.2, 0.25) is 0 Å². The van der Waals surface area contributed by atoms with Gasteiger partial charge in [-0.2, -0.15) is 0 Å². The number of carbonyl (C=O) groups is 2. The highest BCUT2D eigenvalue weighted by Gasteiger charge is 2.13. The van der Waals surface area contributed by atoms with Crippen molar-refractivity contribution in [1.82, 2.24) is 4.98 Å². The molecule has 2 rings (SSSR count). The van der Waals surface area contributed by atoms with E-state index in [9.17, 15) is 9.59 Å². The second-order valence-electron chi connectivity index (χ2n) is 4.10. The number of pyridine rings is 1. The summed E-state index contributed by atoms with van der Waals surface area (Å²) in [6, 6.07) is 8.04. The molecular formula is C15H14N2O4. The van der Waals surface area contributed by atoms with Gasteiger partial charge in [0.15, 0.2) is 0 Å². The molecule has 1 N–H and O–H groups in total. The van der Waals surface area contributed by atoms with Crippen LogP contribution in [0.1, 0.15) is 20.7 Å². The van der Waals surface area contributed by atoms with Crippen molar-refractivity contribution in [3.63, 3.8) is 0 Å². The summed E-state index contributed by atoms with van der Waals surface area (Å²) in [5, 5.41) is 2.70. The van der Waals surface area contributed by atoms with Crippen LogP contribution in [0, 0.1) is 0 Å². The average Bonchev–Trinajstić information content (AvgIpc) is 2.54. The van der Waals surface area contributed by atoms with Crippen LogP contribution < -0.4 is 10.1 Å². The first kappa shape index (κ1) is 14.5. The maximum atomic E-state index is 12.2. The molecule has 0 saturated heterocycles. The SMILES string of the molecule is COC(=O)c1cccc(NC(=O)c2ccncc2OC)c1. The number of nitrogens with one attached hydrogen (secondary N) is 1. The van der Waals surface area contributed by atoms with E-state index in [0.717, 1.165) is 0 Å². The Morgan fingerprint density at radius 2 is 2.00 bits per heavy atom. The minimum atomic E-state index is -0.465. The summed E-state index contributed by atoms with van der Waals surface area (Å²) >= 11 is 0. The van der Waals surface area contributed by atoms with Crippen molar-refractivity contribution >= 4 is 17.6 Å². The highest BCUT2D eigenvalue weighted by molar-refractivity contribution is 6.06. The molecule has 0 bridgehead atoms. The fourth-order valence-electron chi connectivity index (χ4n) is 1.77. The van der Waals surface area contributed by atoms with E-state index in [-0.39, 0.29) is 5.91 Å². The van der Waals surface area contributed by atoms with E-state index in [0.29, 0.717) is 22.6 Å². The number of methoxy groups -OCH3 is 2. The van der Waals surface area contributed by atoms with Crippen LogP contribution in [0.4, 0.5) is 5.69 Å². The third-order valence-electron chi connectivity index (χ3n) is 2.79. The normalized spacial score (nSPS) is 9.81. The van der Waals surface area contributed by atoms with Crippen LogP contribution >= 0.6 is 0 Å². The summed E-state index contributed by atoms with van der Waals surface area (Å²) < 4.78 is 9.72. The number of amides is 1. The molecule has 0 spiro atoms. The largest absolute Gasteiger partial charge is 0.494 e. The van der Waals surface area contributed by atoms with E-state index in [2.05, 4.69) is 15.0 Å². The van der Waals surface area contributed by atoms with Crippen molar-refractivity contribution < 1.29 is 19.1 Å². The Morgan fingerprint density at radius 3 is 2.71 bits per heavy atom. The van der Waals surface area contributed by atoms with E-state index in [1.807, 2.05) is 0 Å². The number of carbonyl (C=O) groups excluding carboxylic acids is 2. The zero-order valence-electron chi connectivity index (χ0n) is 11.6. The molecule has 0 atom stereocenters. The van der Waals surface area contributed by atoms with E-state index >= 15 is 0 Å². The van der Waals surface area contributed by atoms with Gasteiger partial charge in [0.25, 0.3) is 5.91 Å². The molecular weight excluding hydrogens is 272 g/mol. The Balaban J connectivity index is 2.22. The third-order valence-corrected chi connectivity index (χ3v) is 2.79. The quantitative estimate of drug-likeness (QED) is 0.871. The van der Waals surface area contributed by atoms with Crippen LogP contribution in [0.15, 0.2) is 42.7 Å². The molecule has 1 aromatic heterocycles. The predicted octanol–water partition coefficient (Wildman–Crippen LogP) is 2.13. The van der Waals surface area contributed by atoms with Crippen LogP contribution in [-0.4, -0.2) is 31.1 Å². The van der Waals surface area contributed by atoms with Gasteiger partial charge in [0.1, 0.15) is 5.75 Å². The molecule has 0 unspecified atom stereocenters. The van der Waals surface area contributed by atoms with Gasteiger partial charge in [-0.1, -0.05) is 6.07 Å². The van der Waals surface area contributed by atoms with E-state index in [1.54, 1.807) is 24.3 Å². The lowest BCUT2D eigenvalue weighted by Gasteiger charge is -2.09. The fourth-order valence-corrected chi connectivity index (χ4v) is 1.77. The second-order valence-corrected chi connectivity index (χ2v) is 4.10. The van der Waals surface area contributed by atoms with Crippen molar-refractivity contribution in [2.75, 3.05) is 19.5 Å². The smallest absolute Gasteiger partial charge is 0.337 e. The first-order valence-corrected chi connectivity index (χ1v) is 6.13. The molecule has 0 radical (unpaired) electrons. The van der Waals surface area contributed by atoms with Crippen LogP contribution in [0.25, 0.3) is 0 Å². The number of rotatable bonds is 4. The molecule has 6 heteroatoms. The van der Waals surface area contributed by atoms with Crippen molar-refractivity contribution in [3.8, 4) is 5.75 Å². The summed E-state index contributed by atoms with van der Waals surface area (Å²) in [6.45, 7) is 0. The first-order valence-electron chi connectivity index (χ1n) is 6.13. The second kappa shape index (κ2) is 6.51. The molecule has 0 aliphatic heterocycles. The van der Waals surface area contributed by atoms with Gasteiger partial charge < -0.3 is 14.8 Å². The molecule has 1 heterocycles. The van der Waals surface area contributed by atoms with Crippen molar-refractivity contribution in [3.05, 3.63) is 53.9 Å². The van der Waals surface area contributed by atoms with E-state index < -0.39 is 5.97 Å². The van der Waals surface area contributed by atoms with Crippen molar-refractivity contribution in [2.24, 2.45) is 0 Å². The number of esters is 1. The third kappa shape index (κ3) is 3.36. The summed E-state index contributed by atoms with van der Waals surface area (Å²) in [6.07, 6.45) is 2.96. The van der Waals surface area contributed by atoms with Crippen LogP contribution in [0.5, 0.6) is 5.75 Å². The lowest BCUT2D eigenvalue weighted by atomic mass is 10.2. The van der Waals surface area contributed by atoms with Gasteiger partial charge in [0.05, 0.1) is 31.5 Å². The Kier molecular flexibility index (Phi) is 4.50. The molecule has 21 heavy (non-hydrogen) atoms. The van der Waals surface area contributed by atoms with Gasteiger partial charge in [-0.05, 0) is 24.3 Å². The Labute approximate surface area is 121 Å².